The fourth-order valence-corrected chi connectivity index (χ4v) is 1.81. The molecule has 18 heavy (non-hydrogen) atoms. The molecule has 0 saturated heterocycles. The van der Waals surface area contributed by atoms with Gasteiger partial charge in [0.2, 0.25) is 0 Å². The Kier molecular flexibility index (Phi) is 4.99. The second kappa shape index (κ2) is 6.27. The smallest absolute Gasteiger partial charge is 0.184 e. The van der Waals surface area contributed by atoms with Crippen molar-refractivity contribution in [2.45, 2.75) is 4.90 Å². The van der Waals surface area contributed by atoms with Crippen LogP contribution in [0, 0.1) is 0 Å². The molecule has 1 rings (SSSR count). The number of rotatable bonds is 4. The SMILES string of the molecule is CS(=O)(=O)c1ccc(/C=C/C=N/NC(N)=S)cc1. The van der Waals surface area contributed by atoms with E-state index in [2.05, 4.69) is 22.7 Å². The summed E-state index contributed by atoms with van der Waals surface area (Å²) < 4.78 is 22.5. The third kappa shape index (κ3) is 5.07. The number of nitrogens with two attached hydrogens (primary N) is 1. The summed E-state index contributed by atoms with van der Waals surface area (Å²) in [5.74, 6) is 0. The Balaban J connectivity index is 2.67. The quantitative estimate of drug-likeness (QED) is 0.488. The third-order valence-electron chi connectivity index (χ3n) is 1.93. The Bertz CT molecular complexity index is 575. The van der Waals surface area contributed by atoms with Crippen LogP contribution in [0.3, 0.4) is 0 Å². The highest BCUT2D eigenvalue weighted by molar-refractivity contribution is 7.90. The van der Waals surface area contributed by atoms with Crippen molar-refractivity contribution >= 4 is 39.5 Å². The van der Waals surface area contributed by atoms with E-state index in [9.17, 15) is 8.42 Å². The predicted molar refractivity (Wildman–Crippen MR) is 77.0 cm³/mol. The molecule has 96 valence electrons. The van der Waals surface area contributed by atoms with Crippen molar-refractivity contribution in [3.63, 3.8) is 0 Å². The first-order chi connectivity index (χ1) is 8.39. The molecule has 0 aliphatic carbocycles. The Labute approximate surface area is 111 Å². The van der Waals surface area contributed by atoms with Gasteiger partial charge in [0.25, 0.3) is 0 Å². The van der Waals surface area contributed by atoms with Crippen molar-refractivity contribution in [1.29, 1.82) is 0 Å². The van der Waals surface area contributed by atoms with Crippen LogP contribution in [0.5, 0.6) is 0 Å². The monoisotopic (exact) mass is 283 g/mol. The fourth-order valence-electron chi connectivity index (χ4n) is 1.12. The van der Waals surface area contributed by atoms with Crippen LogP contribution in [0.25, 0.3) is 6.08 Å². The van der Waals surface area contributed by atoms with Gasteiger partial charge in [0.05, 0.1) is 4.90 Å². The maximum absolute atomic E-state index is 11.2. The molecular weight excluding hydrogens is 270 g/mol. The van der Waals surface area contributed by atoms with Gasteiger partial charge in [0.1, 0.15) is 0 Å². The van der Waals surface area contributed by atoms with Crippen LogP contribution in [-0.2, 0) is 9.84 Å². The highest BCUT2D eigenvalue weighted by atomic mass is 32.2. The average Bonchev–Trinajstić information content (AvgIpc) is 2.27. The summed E-state index contributed by atoms with van der Waals surface area (Å²) in [7, 11) is -3.15. The van der Waals surface area contributed by atoms with Crippen LogP contribution in [-0.4, -0.2) is 26.0 Å². The molecule has 0 unspecified atom stereocenters. The third-order valence-corrected chi connectivity index (χ3v) is 3.15. The number of thiocarbonyl (C=S) groups is 1. The molecule has 0 aromatic heterocycles. The molecule has 0 amide bonds. The Hall–Kier alpha value is -1.73. The first-order valence-corrected chi connectivity index (χ1v) is 7.25. The van der Waals surface area contributed by atoms with Gasteiger partial charge in [-0.2, -0.15) is 5.10 Å². The van der Waals surface area contributed by atoms with Crippen LogP contribution < -0.4 is 11.2 Å². The van der Waals surface area contributed by atoms with Crippen molar-refractivity contribution in [2.24, 2.45) is 10.8 Å². The molecule has 0 fully saturated rings. The van der Waals surface area contributed by atoms with Gasteiger partial charge in [-0.3, -0.25) is 5.43 Å². The van der Waals surface area contributed by atoms with Crippen LogP contribution in [0.15, 0.2) is 40.3 Å². The number of sulfone groups is 1. The van der Waals surface area contributed by atoms with Gasteiger partial charge in [0, 0.05) is 12.5 Å². The van der Waals surface area contributed by atoms with Crippen LogP contribution in [0.1, 0.15) is 5.56 Å². The van der Waals surface area contributed by atoms with E-state index in [0.717, 1.165) is 5.56 Å². The standard InChI is InChI=1S/C11H13N3O2S2/c1-18(15,16)10-6-4-9(5-7-10)3-2-8-13-14-11(12)17/h2-8H,1H3,(H3,12,14,17)/b3-2+,13-8+. The fraction of sp³-hybridized carbons (Fsp3) is 0.0909. The van der Waals surface area contributed by atoms with Gasteiger partial charge in [-0.15, -0.1) is 0 Å². The Morgan fingerprint density at radius 2 is 2.00 bits per heavy atom. The first kappa shape index (κ1) is 14.3. The van der Waals surface area contributed by atoms with Gasteiger partial charge < -0.3 is 5.73 Å². The van der Waals surface area contributed by atoms with Crippen LogP contribution in [0.4, 0.5) is 0 Å². The summed E-state index contributed by atoms with van der Waals surface area (Å²) in [6, 6.07) is 6.53. The lowest BCUT2D eigenvalue weighted by molar-refractivity contribution is 0.602. The maximum Gasteiger partial charge on any atom is 0.184 e. The van der Waals surface area contributed by atoms with Gasteiger partial charge in [0.15, 0.2) is 14.9 Å². The molecule has 0 aliphatic heterocycles. The number of nitrogens with one attached hydrogen (secondary N) is 1. The van der Waals surface area contributed by atoms with E-state index < -0.39 is 9.84 Å². The van der Waals surface area contributed by atoms with Crippen molar-refractivity contribution in [1.82, 2.24) is 5.43 Å². The number of hydrogen-bond acceptors (Lipinski definition) is 4. The summed E-state index contributed by atoms with van der Waals surface area (Å²) >= 11 is 4.56. The van der Waals surface area contributed by atoms with E-state index >= 15 is 0 Å². The van der Waals surface area contributed by atoms with Crippen molar-refractivity contribution < 1.29 is 8.42 Å². The minimum atomic E-state index is -3.15. The topological polar surface area (TPSA) is 84.5 Å². The zero-order chi connectivity index (χ0) is 13.6. The van der Waals surface area contributed by atoms with Crippen molar-refractivity contribution in [2.75, 3.05) is 6.26 Å². The van der Waals surface area contributed by atoms with Gasteiger partial charge >= 0.3 is 0 Å². The minimum Gasteiger partial charge on any atom is -0.375 e. The lowest BCUT2D eigenvalue weighted by atomic mass is 10.2. The van der Waals surface area contributed by atoms with E-state index in [1.165, 1.54) is 12.5 Å². The van der Waals surface area contributed by atoms with Crippen LogP contribution >= 0.6 is 12.2 Å². The van der Waals surface area contributed by atoms with Gasteiger partial charge in [-0.1, -0.05) is 18.2 Å². The molecule has 0 heterocycles. The van der Waals surface area contributed by atoms with Crippen molar-refractivity contribution in [3.05, 3.63) is 35.9 Å². The second-order valence-corrected chi connectivity index (χ2v) is 5.91. The molecule has 0 saturated carbocycles. The molecular formula is C11H13N3O2S2. The molecule has 7 heteroatoms. The summed E-state index contributed by atoms with van der Waals surface area (Å²) in [6.07, 6.45) is 6.12. The Morgan fingerprint density at radius 1 is 1.39 bits per heavy atom. The molecule has 1 aromatic rings. The normalized spacial score (nSPS) is 12.1. The Morgan fingerprint density at radius 3 is 2.50 bits per heavy atom. The van der Waals surface area contributed by atoms with Crippen LogP contribution in [0.2, 0.25) is 0 Å². The average molecular weight is 283 g/mol. The number of benzene rings is 1. The van der Waals surface area contributed by atoms with E-state index in [4.69, 9.17) is 5.73 Å². The minimum absolute atomic E-state index is 0.0946. The van der Waals surface area contributed by atoms with Crippen molar-refractivity contribution in [3.8, 4) is 0 Å². The molecule has 0 atom stereocenters. The molecule has 0 aliphatic rings. The lowest BCUT2D eigenvalue weighted by Gasteiger charge is -1.98. The zero-order valence-corrected chi connectivity index (χ0v) is 11.3. The highest BCUT2D eigenvalue weighted by Crippen LogP contribution is 2.10. The van der Waals surface area contributed by atoms with Gasteiger partial charge in [-0.25, -0.2) is 8.42 Å². The second-order valence-electron chi connectivity index (χ2n) is 3.45. The highest BCUT2D eigenvalue weighted by Gasteiger charge is 2.04. The summed E-state index contributed by atoms with van der Waals surface area (Å²) in [6.45, 7) is 0. The molecule has 0 radical (unpaired) electrons. The summed E-state index contributed by atoms with van der Waals surface area (Å²) in [5.41, 5.74) is 8.44. The predicted octanol–water partition coefficient (Wildman–Crippen LogP) is 0.922. The molecule has 0 spiro atoms. The number of nitrogens with zero attached hydrogens (tertiary/aromatic N) is 1. The molecule has 1 aromatic carbocycles. The van der Waals surface area contributed by atoms with Gasteiger partial charge in [-0.05, 0) is 36.0 Å². The van der Waals surface area contributed by atoms with E-state index in [1.54, 1.807) is 36.4 Å². The van der Waals surface area contributed by atoms with E-state index in [1.807, 2.05) is 0 Å². The number of hydrazone groups is 1. The lowest BCUT2D eigenvalue weighted by Crippen LogP contribution is -2.23. The van der Waals surface area contributed by atoms with E-state index in [-0.39, 0.29) is 5.11 Å². The number of hydrogen-bond donors (Lipinski definition) is 2. The zero-order valence-electron chi connectivity index (χ0n) is 9.70. The summed E-state index contributed by atoms with van der Waals surface area (Å²) in [5, 5.41) is 3.81. The number of allylic oxidation sites excluding steroid dienone is 1. The largest absolute Gasteiger partial charge is 0.375 e. The van der Waals surface area contributed by atoms with E-state index in [0.29, 0.717) is 4.90 Å². The first-order valence-electron chi connectivity index (χ1n) is 4.95. The maximum atomic E-state index is 11.2. The molecule has 3 N–H and O–H groups in total. The molecule has 0 bridgehead atoms. The molecule has 5 nitrogen and oxygen atoms in total. The summed E-state index contributed by atoms with van der Waals surface area (Å²) in [4.78, 5) is 0.295.